The first-order valence-electron chi connectivity index (χ1n) is 7.15. The number of pyridine rings is 1. The Bertz CT molecular complexity index is 577. The van der Waals surface area contributed by atoms with Gasteiger partial charge in [-0.3, -0.25) is 4.79 Å². The van der Waals surface area contributed by atoms with E-state index in [-0.39, 0.29) is 5.56 Å². The van der Waals surface area contributed by atoms with Crippen LogP contribution in [0.3, 0.4) is 0 Å². The molecule has 1 aliphatic rings. The lowest BCUT2D eigenvalue weighted by atomic mass is 9.77. The number of aromatic nitrogens is 1. The van der Waals surface area contributed by atoms with Gasteiger partial charge in [-0.15, -0.1) is 0 Å². The molecule has 2 N–H and O–H groups in total. The van der Waals surface area contributed by atoms with Gasteiger partial charge < -0.3 is 19.6 Å². The second kappa shape index (κ2) is 5.79. The highest BCUT2D eigenvalue weighted by Crippen LogP contribution is 2.38. The highest BCUT2D eigenvalue weighted by Gasteiger charge is 2.52. The smallest absolute Gasteiger partial charge is 0.400 e. The highest BCUT2D eigenvalue weighted by atomic mass is 16.7. The maximum atomic E-state index is 11.8. The van der Waals surface area contributed by atoms with Crippen LogP contribution >= 0.6 is 0 Å². The van der Waals surface area contributed by atoms with Gasteiger partial charge in [0.25, 0.3) is 5.56 Å². The molecule has 5 nitrogen and oxygen atoms in total. The van der Waals surface area contributed by atoms with E-state index >= 15 is 0 Å². The molecule has 0 radical (unpaired) electrons. The highest BCUT2D eigenvalue weighted by molar-refractivity contribution is 6.55. The van der Waals surface area contributed by atoms with E-state index in [4.69, 9.17) is 9.31 Å². The lowest BCUT2D eigenvalue weighted by Crippen LogP contribution is -2.41. The van der Waals surface area contributed by atoms with Crippen molar-refractivity contribution in [2.75, 3.05) is 13.6 Å². The molecule has 1 fully saturated rings. The van der Waals surface area contributed by atoms with Crippen molar-refractivity contribution < 1.29 is 9.31 Å². The van der Waals surface area contributed by atoms with Crippen LogP contribution in [0, 0.1) is 0 Å². The van der Waals surface area contributed by atoms with Crippen LogP contribution in [-0.4, -0.2) is 36.9 Å². The molecular weight excluding hydrogens is 267 g/mol. The molecule has 0 unspecified atom stereocenters. The standard InChI is InChI=1S/C15H23BN2O3/c1-14(2)15(3,4)21-16(20-14)12(10-17-5)9-11-7-6-8-18-13(11)19/h6-9,17H,10H2,1-5H3,(H,18,19). The Morgan fingerprint density at radius 2 is 1.95 bits per heavy atom. The van der Waals surface area contributed by atoms with Crippen molar-refractivity contribution in [2.45, 2.75) is 38.9 Å². The third kappa shape index (κ3) is 3.28. The summed E-state index contributed by atoms with van der Waals surface area (Å²) in [7, 11) is 1.40. The molecule has 0 aromatic carbocycles. The van der Waals surface area contributed by atoms with E-state index in [1.54, 1.807) is 18.3 Å². The molecule has 1 aromatic rings. The van der Waals surface area contributed by atoms with Gasteiger partial charge in [-0.2, -0.15) is 0 Å². The second-order valence-corrected chi connectivity index (χ2v) is 6.29. The first-order valence-corrected chi connectivity index (χ1v) is 7.15. The minimum absolute atomic E-state index is 0.123. The fraction of sp³-hybridized carbons (Fsp3) is 0.533. The van der Waals surface area contributed by atoms with Gasteiger partial charge in [0.2, 0.25) is 0 Å². The normalized spacial score (nSPS) is 20.8. The fourth-order valence-electron chi connectivity index (χ4n) is 2.15. The molecule has 0 spiro atoms. The van der Waals surface area contributed by atoms with E-state index in [0.717, 1.165) is 5.47 Å². The van der Waals surface area contributed by atoms with Gasteiger partial charge in [0.05, 0.1) is 11.2 Å². The monoisotopic (exact) mass is 290 g/mol. The summed E-state index contributed by atoms with van der Waals surface area (Å²) in [5.74, 6) is 0. The van der Waals surface area contributed by atoms with Gasteiger partial charge >= 0.3 is 7.12 Å². The molecule has 1 aromatic heterocycles. The van der Waals surface area contributed by atoms with Gasteiger partial charge in [-0.05, 0) is 52.3 Å². The van der Waals surface area contributed by atoms with Crippen molar-refractivity contribution >= 4 is 13.2 Å². The number of rotatable bonds is 4. The molecule has 0 bridgehead atoms. The third-order valence-electron chi connectivity index (χ3n) is 4.13. The molecule has 1 saturated heterocycles. The predicted octanol–water partition coefficient (Wildman–Crippen LogP) is 1.61. The van der Waals surface area contributed by atoms with E-state index in [9.17, 15) is 4.79 Å². The topological polar surface area (TPSA) is 63.4 Å². The first-order chi connectivity index (χ1) is 9.77. The van der Waals surface area contributed by atoms with Crippen LogP contribution in [-0.2, 0) is 9.31 Å². The molecule has 6 heteroatoms. The predicted molar refractivity (Wildman–Crippen MR) is 85.0 cm³/mol. The molecular formula is C15H23BN2O3. The van der Waals surface area contributed by atoms with E-state index < -0.39 is 18.3 Å². The van der Waals surface area contributed by atoms with Crippen LogP contribution in [0.2, 0.25) is 0 Å². The average Bonchev–Trinajstić information content (AvgIpc) is 2.60. The van der Waals surface area contributed by atoms with Gasteiger partial charge in [0, 0.05) is 18.3 Å². The van der Waals surface area contributed by atoms with Gasteiger partial charge in [0.1, 0.15) is 0 Å². The van der Waals surface area contributed by atoms with E-state index in [1.807, 2.05) is 40.8 Å². The molecule has 2 rings (SSSR count). The van der Waals surface area contributed by atoms with Crippen LogP contribution in [0.4, 0.5) is 0 Å². The van der Waals surface area contributed by atoms with Crippen LogP contribution in [0.5, 0.6) is 0 Å². The van der Waals surface area contributed by atoms with Crippen molar-refractivity contribution in [2.24, 2.45) is 0 Å². The lowest BCUT2D eigenvalue weighted by Gasteiger charge is -2.32. The second-order valence-electron chi connectivity index (χ2n) is 6.29. The summed E-state index contributed by atoms with van der Waals surface area (Å²) in [5.41, 5.74) is 0.578. The van der Waals surface area contributed by atoms with Crippen molar-refractivity contribution in [3.63, 3.8) is 0 Å². The zero-order chi connectivity index (χ0) is 15.7. The molecule has 0 aliphatic carbocycles. The average molecular weight is 290 g/mol. The molecule has 0 atom stereocenters. The largest absolute Gasteiger partial charge is 0.491 e. The summed E-state index contributed by atoms with van der Waals surface area (Å²) >= 11 is 0. The number of likely N-dealkylation sites (N-methyl/N-ethyl adjacent to an activating group) is 1. The van der Waals surface area contributed by atoms with Crippen molar-refractivity contribution in [1.29, 1.82) is 0 Å². The number of hydrogen-bond acceptors (Lipinski definition) is 4. The zero-order valence-corrected chi connectivity index (χ0v) is 13.3. The minimum atomic E-state index is -0.456. The summed E-state index contributed by atoms with van der Waals surface area (Å²) in [5, 5.41) is 3.10. The summed E-state index contributed by atoms with van der Waals surface area (Å²) in [6.07, 6.45) is 3.45. The summed E-state index contributed by atoms with van der Waals surface area (Å²) < 4.78 is 12.1. The SMILES string of the molecule is CNCC(=Cc1ccc[nH]c1=O)B1OC(C)(C)C(C)(C)O1. The Morgan fingerprint density at radius 3 is 2.48 bits per heavy atom. The Hall–Kier alpha value is -1.37. The molecule has 0 amide bonds. The molecule has 1 aliphatic heterocycles. The summed E-state index contributed by atoms with van der Waals surface area (Å²) in [6, 6.07) is 3.58. The van der Waals surface area contributed by atoms with Crippen LogP contribution < -0.4 is 10.9 Å². The number of H-pyrrole nitrogens is 1. The van der Waals surface area contributed by atoms with Gasteiger partial charge in [-0.1, -0.05) is 6.08 Å². The number of hydrogen-bond donors (Lipinski definition) is 2. The zero-order valence-electron chi connectivity index (χ0n) is 13.3. The van der Waals surface area contributed by atoms with Crippen molar-refractivity contribution in [3.05, 3.63) is 39.7 Å². The van der Waals surface area contributed by atoms with E-state index in [1.165, 1.54) is 0 Å². The minimum Gasteiger partial charge on any atom is -0.400 e. The van der Waals surface area contributed by atoms with E-state index in [2.05, 4.69) is 10.3 Å². The van der Waals surface area contributed by atoms with Gasteiger partial charge in [0.15, 0.2) is 0 Å². The Morgan fingerprint density at radius 1 is 1.33 bits per heavy atom. The number of nitrogens with one attached hydrogen (secondary N) is 2. The third-order valence-corrected chi connectivity index (χ3v) is 4.13. The molecule has 21 heavy (non-hydrogen) atoms. The summed E-state index contributed by atoms with van der Waals surface area (Å²) in [4.78, 5) is 14.5. The maximum Gasteiger partial charge on any atom is 0.491 e. The molecule has 2 heterocycles. The summed E-state index contributed by atoms with van der Waals surface area (Å²) in [6.45, 7) is 8.64. The number of aromatic amines is 1. The van der Waals surface area contributed by atoms with Gasteiger partial charge in [-0.25, -0.2) is 0 Å². The Kier molecular flexibility index (Phi) is 4.42. The lowest BCUT2D eigenvalue weighted by molar-refractivity contribution is 0.00578. The Labute approximate surface area is 125 Å². The first kappa shape index (κ1) is 16.0. The van der Waals surface area contributed by atoms with Crippen LogP contribution in [0.25, 0.3) is 6.08 Å². The Balaban J connectivity index is 2.33. The fourth-order valence-corrected chi connectivity index (χ4v) is 2.15. The maximum absolute atomic E-state index is 11.8. The van der Waals surface area contributed by atoms with Crippen LogP contribution in [0.1, 0.15) is 33.3 Å². The van der Waals surface area contributed by atoms with E-state index in [0.29, 0.717) is 12.1 Å². The molecule has 0 saturated carbocycles. The van der Waals surface area contributed by atoms with Crippen LogP contribution in [0.15, 0.2) is 28.6 Å². The van der Waals surface area contributed by atoms with Crippen molar-refractivity contribution in [3.8, 4) is 0 Å². The van der Waals surface area contributed by atoms with Crippen molar-refractivity contribution in [1.82, 2.24) is 10.3 Å². The molecule has 114 valence electrons. The quantitative estimate of drug-likeness (QED) is 0.827.